The minimum Gasteiger partial charge on any atom is -0.494 e. The lowest BCUT2D eigenvalue weighted by Crippen LogP contribution is -2.43. The number of hydrogen-bond donors (Lipinski definition) is 0. The van der Waals surface area contributed by atoms with E-state index in [1.54, 1.807) is 0 Å². The molecular formula is C59H68O6S2. The number of thiophene rings is 2. The Morgan fingerprint density at radius 3 is 1.19 bits per heavy atom. The molecule has 67 heavy (non-hydrogen) atoms. The van der Waals surface area contributed by atoms with Crippen LogP contribution >= 0.6 is 22.7 Å². The van der Waals surface area contributed by atoms with Gasteiger partial charge in [0.25, 0.3) is 0 Å². The Balaban J connectivity index is 0.714. The molecule has 4 aliphatic rings. The van der Waals surface area contributed by atoms with Crippen LogP contribution in [-0.4, -0.2) is 66.1 Å². The lowest BCUT2D eigenvalue weighted by molar-refractivity contribution is -0.138. The van der Waals surface area contributed by atoms with Crippen molar-refractivity contribution >= 4 is 22.7 Å². The van der Waals surface area contributed by atoms with Crippen molar-refractivity contribution < 1.29 is 28.4 Å². The predicted octanol–water partition coefficient (Wildman–Crippen LogP) is 15.3. The Morgan fingerprint density at radius 1 is 0.433 bits per heavy atom. The second-order valence-corrected chi connectivity index (χ2v) is 22.6. The molecule has 0 atom stereocenters. The smallest absolute Gasteiger partial charge is 0.119 e. The minimum absolute atomic E-state index is 0.0825. The molecule has 1 saturated carbocycles. The van der Waals surface area contributed by atoms with Gasteiger partial charge in [0.2, 0.25) is 0 Å². The van der Waals surface area contributed by atoms with Crippen molar-refractivity contribution in [2.75, 3.05) is 66.1 Å². The van der Waals surface area contributed by atoms with Crippen LogP contribution in [0.25, 0.3) is 52.9 Å². The maximum atomic E-state index is 6.12. The molecule has 2 aliphatic carbocycles. The maximum absolute atomic E-state index is 6.12. The molecule has 8 heteroatoms. The molecule has 2 saturated heterocycles. The summed E-state index contributed by atoms with van der Waals surface area (Å²) in [5, 5.41) is 0. The van der Waals surface area contributed by atoms with Gasteiger partial charge in [-0.05, 0) is 181 Å². The lowest BCUT2D eigenvalue weighted by Gasteiger charge is -2.37. The van der Waals surface area contributed by atoms with Crippen LogP contribution in [-0.2, 0) is 24.4 Å². The number of hydrogen-bond acceptors (Lipinski definition) is 8. The number of ether oxygens (including phenoxy) is 6. The van der Waals surface area contributed by atoms with Crippen molar-refractivity contribution in [3.05, 3.63) is 120 Å². The van der Waals surface area contributed by atoms with Gasteiger partial charge in [-0.25, -0.2) is 0 Å². The van der Waals surface area contributed by atoms with E-state index in [-0.39, 0.29) is 16.2 Å². The zero-order chi connectivity index (χ0) is 45.5. The van der Waals surface area contributed by atoms with Crippen LogP contribution in [0, 0.1) is 10.8 Å². The highest BCUT2D eigenvalue weighted by molar-refractivity contribution is 7.19. The highest BCUT2D eigenvalue weighted by Gasteiger charge is 2.45. The predicted molar refractivity (Wildman–Crippen MR) is 276 cm³/mol. The average molecular weight is 937 g/mol. The molecule has 2 aromatic heterocycles. The summed E-state index contributed by atoms with van der Waals surface area (Å²) in [6, 6.07) is 41.1. The van der Waals surface area contributed by atoms with E-state index in [2.05, 4.69) is 123 Å². The average Bonchev–Trinajstić information content (AvgIpc) is 4.18. The molecule has 2 aliphatic heterocycles. The number of fused-ring (bicyclic) bond motifs is 5. The van der Waals surface area contributed by atoms with Crippen LogP contribution in [0.5, 0.6) is 11.5 Å². The van der Waals surface area contributed by atoms with Gasteiger partial charge in [-0.3, -0.25) is 0 Å². The number of rotatable bonds is 24. The van der Waals surface area contributed by atoms with Crippen LogP contribution < -0.4 is 9.47 Å². The van der Waals surface area contributed by atoms with E-state index in [0.717, 1.165) is 116 Å². The first-order valence-electron chi connectivity index (χ1n) is 25.1. The summed E-state index contributed by atoms with van der Waals surface area (Å²) in [7, 11) is 0. The summed E-state index contributed by atoms with van der Waals surface area (Å²) in [4.78, 5) is 5.22. The van der Waals surface area contributed by atoms with Crippen LogP contribution in [0.1, 0.15) is 102 Å². The van der Waals surface area contributed by atoms with Gasteiger partial charge < -0.3 is 28.4 Å². The molecule has 352 valence electrons. The Morgan fingerprint density at radius 2 is 0.806 bits per heavy atom. The van der Waals surface area contributed by atoms with Crippen molar-refractivity contribution in [3.8, 4) is 64.4 Å². The summed E-state index contributed by atoms with van der Waals surface area (Å²) in [5.41, 5.74) is 11.6. The van der Waals surface area contributed by atoms with Crippen molar-refractivity contribution in [1.29, 1.82) is 0 Å². The molecule has 6 nitrogen and oxygen atoms in total. The Bertz CT molecular complexity index is 2370. The van der Waals surface area contributed by atoms with E-state index >= 15 is 0 Å². The van der Waals surface area contributed by atoms with Gasteiger partial charge in [0.05, 0.1) is 52.9 Å². The lowest BCUT2D eigenvalue weighted by atomic mass is 9.76. The van der Waals surface area contributed by atoms with E-state index < -0.39 is 0 Å². The first-order valence-corrected chi connectivity index (χ1v) is 26.8. The van der Waals surface area contributed by atoms with E-state index in [0.29, 0.717) is 0 Å². The van der Waals surface area contributed by atoms with Crippen LogP contribution in [0.2, 0.25) is 0 Å². The second kappa shape index (κ2) is 21.2. The molecule has 6 aromatic rings. The van der Waals surface area contributed by atoms with Gasteiger partial charge >= 0.3 is 0 Å². The molecular weight excluding hydrogens is 869 g/mol. The van der Waals surface area contributed by atoms with E-state index in [1.807, 2.05) is 22.7 Å². The van der Waals surface area contributed by atoms with Crippen LogP contribution in [0.15, 0.2) is 109 Å². The summed E-state index contributed by atoms with van der Waals surface area (Å²) < 4.78 is 34.6. The minimum atomic E-state index is 0.0825. The fourth-order valence-corrected chi connectivity index (χ4v) is 12.5. The van der Waals surface area contributed by atoms with Gasteiger partial charge in [-0.15, -0.1) is 22.7 Å². The molecule has 0 bridgehead atoms. The van der Waals surface area contributed by atoms with Gasteiger partial charge in [-0.2, -0.15) is 0 Å². The van der Waals surface area contributed by atoms with Crippen molar-refractivity contribution in [1.82, 2.24) is 0 Å². The van der Waals surface area contributed by atoms with Crippen molar-refractivity contribution in [2.24, 2.45) is 10.8 Å². The van der Waals surface area contributed by atoms with Gasteiger partial charge in [0.15, 0.2) is 0 Å². The molecule has 10 rings (SSSR count). The highest BCUT2D eigenvalue weighted by Crippen LogP contribution is 2.58. The molecule has 0 amide bonds. The van der Waals surface area contributed by atoms with Gasteiger partial charge in [0.1, 0.15) is 11.5 Å². The second-order valence-electron chi connectivity index (χ2n) is 20.4. The third-order valence-electron chi connectivity index (χ3n) is 14.5. The monoisotopic (exact) mass is 936 g/mol. The molecule has 0 radical (unpaired) electrons. The number of benzene rings is 4. The summed E-state index contributed by atoms with van der Waals surface area (Å²) in [6.45, 7) is 12.6. The quantitative estimate of drug-likeness (QED) is 0.0564. The molecule has 4 aromatic carbocycles. The SMILES string of the molecule is CC1(COCCCCCCOc2ccc(-c3ccc(-c4ccc5c(c4)C4(CCCC4)c4cc(-c6ccc(-c7ccc(OCCCCCCOCC8(C)COC8)cc7)s6)ccc4-5)s3)cc2)COC1. The van der Waals surface area contributed by atoms with E-state index in [9.17, 15) is 0 Å². The zero-order valence-corrected chi connectivity index (χ0v) is 41.3. The summed E-state index contributed by atoms with van der Waals surface area (Å²) in [5.74, 6) is 1.89. The Labute approximate surface area is 407 Å². The fraction of sp³-hybridized carbons (Fsp3) is 0.458. The largest absolute Gasteiger partial charge is 0.494 e. The Kier molecular flexibility index (Phi) is 14.7. The topological polar surface area (TPSA) is 55.4 Å². The molecule has 1 spiro atoms. The summed E-state index contributed by atoms with van der Waals surface area (Å²) in [6.07, 6.45) is 14.0. The zero-order valence-electron chi connectivity index (χ0n) is 39.7. The standard InChI is InChI=1S/C59H68O6S2/c1-57(39-62-40-57)37-60-31-9-3-5-11-33-64-47-19-13-43(14-20-47)53-25-27-55(66-53)45-17-23-49-50-24-18-46(36-52(50)59(51(49)35-45)29-7-8-30-59)56-28-26-54(67-56)44-15-21-48(22-16-44)65-34-12-6-4-10-32-61-38-58(2)41-63-42-58/h13-28,35-36H,3-12,29-34,37-42H2,1-2H3. The summed E-state index contributed by atoms with van der Waals surface area (Å²) >= 11 is 3.77. The molecule has 4 heterocycles. The number of unbranched alkanes of at least 4 members (excludes halogenated alkanes) is 6. The first kappa shape index (κ1) is 46.4. The molecule has 0 N–H and O–H groups in total. The molecule has 0 unspecified atom stereocenters. The third-order valence-corrected chi connectivity index (χ3v) is 16.8. The first-order chi connectivity index (χ1) is 32.9. The van der Waals surface area contributed by atoms with E-state index in [4.69, 9.17) is 28.4 Å². The Hall–Kier alpha value is -4.28. The maximum Gasteiger partial charge on any atom is 0.119 e. The fourth-order valence-electron chi connectivity index (χ4n) is 10.5. The van der Waals surface area contributed by atoms with E-state index in [1.165, 1.54) is 103 Å². The molecule has 3 fully saturated rings. The normalized spacial score (nSPS) is 17.2. The van der Waals surface area contributed by atoms with Crippen molar-refractivity contribution in [3.63, 3.8) is 0 Å². The van der Waals surface area contributed by atoms with Gasteiger partial charge in [0, 0.05) is 49.0 Å². The van der Waals surface area contributed by atoms with Gasteiger partial charge in [-0.1, -0.05) is 63.8 Å². The third kappa shape index (κ3) is 10.8. The highest BCUT2D eigenvalue weighted by atomic mass is 32.1. The van der Waals surface area contributed by atoms with Crippen LogP contribution in [0.4, 0.5) is 0 Å². The van der Waals surface area contributed by atoms with Crippen molar-refractivity contribution in [2.45, 2.75) is 96.3 Å². The van der Waals surface area contributed by atoms with Crippen LogP contribution in [0.3, 0.4) is 0 Å².